The molecule has 9 heteroatoms. The standard InChI is InChI=1S/C10H13NO7S/c1-5-6(2)19(14,15)11-8(5)18-7(9(12)16-3)10(13)17-4/h7H,1-4H3. The van der Waals surface area contributed by atoms with Gasteiger partial charge in [-0.05, 0) is 13.8 Å². The molecule has 0 fully saturated rings. The van der Waals surface area contributed by atoms with Crippen molar-refractivity contribution in [3.05, 3.63) is 10.5 Å². The lowest BCUT2D eigenvalue weighted by Crippen LogP contribution is -2.36. The van der Waals surface area contributed by atoms with Crippen molar-refractivity contribution in [3.63, 3.8) is 0 Å². The van der Waals surface area contributed by atoms with Crippen LogP contribution in [-0.4, -0.2) is 46.6 Å². The number of carbonyl (C=O) groups is 2. The number of nitrogens with zero attached hydrogens (tertiary/aromatic N) is 1. The number of hydrogen-bond acceptors (Lipinski definition) is 7. The fourth-order valence-electron chi connectivity index (χ4n) is 1.22. The van der Waals surface area contributed by atoms with Gasteiger partial charge in [-0.1, -0.05) is 0 Å². The van der Waals surface area contributed by atoms with E-state index >= 15 is 0 Å². The van der Waals surface area contributed by atoms with Crippen molar-refractivity contribution < 1.29 is 32.2 Å². The third-order valence-electron chi connectivity index (χ3n) is 2.50. The zero-order valence-corrected chi connectivity index (χ0v) is 11.6. The molecule has 0 spiro atoms. The zero-order chi connectivity index (χ0) is 14.8. The fourth-order valence-corrected chi connectivity index (χ4v) is 2.23. The molecule has 1 rings (SSSR count). The Balaban J connectivity index is 3.07. The summed E-state index contributed by atoms with van der Waals surface area (Å²) in [5, 5.41) is 0. The number of esters is 2. The van der Waals surface area contributed by atoms with Crippen molar-refractivity contribution >= 4 is 27.9 Å². The summed E-state index contributed by atoms with van der Waals surface area (Å²) in [6.45, 7) is 2.79. The third-order valence-corrected chi connectivity index (χ3v) is 3.99. The van der Waals surface area contributed by atoms with E-state index in [4.69, 9.17) is 4.74 Å². The van der Waals surface area contributed by atoms with Gasteiger partial charge in [0.1, 0.15) is 0 Å². The molecule has 19 heavy (non-hydrogen) atoms. The van der Waals surface area contributed by atoms with E-state index in [-0.39, 0.29) is 16.4 Å². The Bertz CT molecular complexity index is 557. The lowest BCUT2D eigenvalue weighted by atomic mass is 10.3. The molecule has 0 bridgehead atoms. The number of carbonyl (C=O) groups excluding carboxylic acids is 2. The maximum atomic E-state index is 11.5. The van der Waals surface area contributed by atoms with Gasteiger partial charge in [0, 0.05) is 5.57 Å². The second-order valence-corrected chi connectivity index (χ2v) is 5.34. The molecular formula is C10H13NO7S. The molecule has 0 N–H and O–H groups in total. The lowest BCUT2D eigenvalue weighted by Gasteiger charge is -2.14. The van der Waals surface area contributed by atoms with E-state index in [0.29, 0.717) is 0 Å². The van der Waals surface area contributed by atoms with Gasteiger partial charge in [0.2, 0.25) is 5.90 Å². The molecule has 0 radical (unpaired) electrons. The van der Waals surface area contributed by atoms with Gasteiger partial charge >= 0.3 is 11.9 Å². The summed E-state index contributed by atoms with van der Waals surface area (Å²) in [5.41, 5.74) is 0.220. The number of hydrogen-bond donors (Lipinski definition) is 0. The second-order valence-electron chi connectivity index (χ2n) is 3.60. The Morgan fingerprint density at radius 3 is 1.89 bits per heavy atom. The normalized spacial score (nSPS) is 17.2. The summed E-state index contributed by atoms with van der Waals surface area (Å²) >= 11 is 0. The van der Waals surface area contributed by atoms with Crippen molar-refractivity contribution in [1.29, 1.82) is 0 Å². The molecule has 0 saturated heterocycles. The summed E-state index contributed by atoms with van der Waals surface area (Å²) in [6.07, 6.45) is -1.72. The van der Waals surface area contributed by atoms with Crippen molar-refractivity contribution in [2.24, 2.45) is 4.40 Å². The van der Waals surface area contributed by atoms with Crippen LogP contribution in [0.5, 0.6) is 0 Å². The predicted molar refractivity (Wildman–Crippen MR) is 63.6 cm³/mol. The van der Waals surface area contributed by atoms with Gasteiger partial charge in [0.15, 0.2) is 0 Å². The Morgan fingerprint density at radius 2 is 1.58 bits per heavy atom. The maximum absolute atomic E-state index is 11.5. The van der Waals surface area contributed by atoms with Gasteiger partial charge in [0.05, 0.1) is 19.1 Å². The topological polar surface area (TPSA) is 108 Å². The Hall–Kier alpha value is -1.90. The van der Waals surface area contributed by atoms with E-state index in [1.165, 1.54) is 13.8 Å². The molecule has 0 amide bonds. The molecule has 0 aromatic rings. The molecular weight excluding hydrogens is 278 g/mol. The number of allylic oxidation sites excluding steroid dienone is 1. The van der Waals surface area contributed by atoms with Crippen LogP contribution in [0.25, 0.3) is 0 Å². The van der Waals surface area contributed by atoms with Crippen LogP contribution in [0, 0.1) is 0 Å². The molecule has 1 aliphatic heterocycles. The van der Waals surface area contributed by atoms with E-state index in [1.807, 2.05) is 0 Å². The summed E-state index contributed by atoms with van der Waals surface area (Å²) in [4.78, 5) is 22.8. The third kappa shape index (κ3) is 2.92. The van der Waals surface area contributed by atoms with Crippen molar-refractivity contribution in [3.8, 4) is 0 Å². The quantitative estimate of drug-likeness (QED) is 0.521. The smallest absolute Gasteiger partial charge is 0.359 e. The first kappa shape index (κ1) is 15.2. The van der Waals surface area contributed by atoms with E-state index in [1.54, 1.807) is 0 Å². The lowest BCUT2D eigenvalue weighted by molar-refractivity contribution is -0.164. The summed E-state index contributed by atoms with van der Waals surface area (Å²) in [7, 11) is -1.68. The van der Waals surface area contributed by atoms with Crippen LogP contribution in [0.3, 0.4) is 0 Å². The first-order chi connectivity index (χ1) is 8.74. The van der Waals surface area contributed by atoms with Crippen LogP contribution in [0.2, 0.25) is 0 Å². The molecule has 1 heterocycles. The van der Waals surface area contributed by atoms with Gasteiger partial charge in [0.25, 0.3) is 16.1 Å². The van der Waals surface area contributed by atoms with Gasteiger partial charge in [-0.15, -0.1) is 4.40 Å². The minimum absolute atomic E-state index is 0.00372. The molecule has 0 aromatic heterocycles. The zero-order valence-electron chi connectivity index (χ0n) is 10.8. The van der Waals surface area contributed by atoms with Gasteiger partial charge in [-0.2, -0.15) is 8.42 Å². The average molecular weight is 291 g/mol. The van der Waals surface area contributed by atoms with E-state index in [2.05, 4.69) is 13.9 Å². The highest BCUT2D eigenvalue weighted by atomic mass is 32.2. The van der Waals surface area contributed by atoms with Gasteiger partial charge in [-0.25, -0.2) is 9.59 Å². The van der Waals surface area contributed by atoms with Crippen molar-refractivity contribution in [2.75, 3.05) is 14.2 Å². The monoisotopic (exact) mass is 291 g/mol. The average Bonchev–Trinajstić information content (AvgIpc) is 2.57. The molecule has 0 unspecified atom stereocenters. The number of methoxy groups -OCH3 is 2. The Labute approximate surface area is 110 Å². The van der Waals surface area contributed by atoms with Crippen LogP contribution in [-0.2, 0) is 33.8 Å². The minimum atomic E-state index is -3.80. The van der Waals surface area contributed by atoms with Crippen LogP contribution in [0.4, 0.5) is 0 Å². The highest BCUT2D eigenvalue weighted by Gasteiger charge is 2.36. The first-order valence-electron chi connectivity index (χ1n) is 5.09. The Morgan fingerprint density at radius 1 is 1.11 bits per heavy atom. The minimum Gasteiger partial charge on any atom is -0.466 e. The summed E-state index contributed by atoms with van der Waals surface area (Å²) in [6, 6.07) is 0. The summed E-state index contributed by atoms with van der Waals surface area (Å²) in [5.74, 6) is -2.34. The molecule has 0 aliphatic carbocycles. The molecule has 0 aromatic carbocycles. The summed E-state index contributed by atoms with van der Waals surface area (Å²) < 4.78 is 40.1. The molecule has 1 aliphatic rings. The molecule has 0 saturated carbocycles. The number of sulfonamides is 1. The molecule has 0 atom stereocenters. The van der Waals surface area contributed by atoms with Crippen LogP contribution in [0.1, 0.15) is 13.8 Å². The first-order valence-corrected chi connectivity index (χ1v) is 6.53. The second kappa shape index (κ2) is 5.39. The van der Waals surface area contributed by atoms with E-state index in [9.17, 15) is 18.0 Å². The molecule has 8 nitrogen and oxygen atoms in total. The van der Waals surface area contributed by atoms with Crippen molar-refractivity contribution in [2.45, 2.75) is 20.0 Å². The van der Waals surface area contributed by atoms with Gasteiger partial charge in [-0.3, -0.25) is 0 Å². The maximum Gasteiger partial charge on any atom is 0.359 e. The number of rotatable bonds is 3. The van der Waals surface area contributed by atoms with Crippen LogP contribution in [0.15, 0.2) is 14.9 Å². The van der Waals surface area contributed by atoms with E-state index in [0.717, 1.165) is 14.2 Å². The van der Waals surface area contributed by atoms with Gasteiger partial charge < -0.3 is 14.2 Å². The number of ether oxygens (including phenoxy) is 3. The van der Waals surface area contributed by atoms with Crippen molar-refractivity contribution in [1.82, 2.24) is 0 Å². The largest absolute Gasteiger partial charge is 0.466 e. The SMILES string of the molecule is COC(=O)C(OC1=NS(=O)(=O)C(C)=C1C)C(=O)OC. The fraction of sp³-hybridized carbons (Fsp3) is 0.500. The highest BCUT2D eigenvalue weighted by Crippen LogP contribution is 2.24. The highest BCUT2D eigenvalue weighted by molar-refractivity contribution is 7.94. The van der Waals surface area contributed by atoms with Crippen LogP contribution < -0.4 is 0 Å². The van der Waals surface area contributed by atoms with Crippen LogP contribution >= 0.6 is 0 Å². The van der Waals surface area contributed by atoms with E-state index < -0.39 is 28.1 Å². The predicted octanol–water partition coefficient (Wildman–Crippen LogP) is -0.247. The Kier molecular flexibility index (Phi) is 4.30. The molecule has 106 valence electrons.